The Hall–Kier alpha value is -3.28. The number of carbonyl (C=O) groups excluding carboxylic acids is 1. The van der Waals surface area contributed by atoms with Crippen molar-refractivity contribution in [3.8, 4) is 11.4 Å². The Labute approximate surface area is 165 Å². The first-order valence-electron chi connectivity index (χ1n) is 9.44. The van der Waals surface area contributed by atoms with E-state index in [0.29, 0.717) is 13.1 Å². The summed E-state index contributed by atoms with van der Waals surface area (Å²) in [7, 11) is 1.67. The molecule has 1 aliphatic rings. The van der Waals surface area contributed by atoms with Crippen LogP contribution < -0.4 is 9.64 Å². The smallest absolute Gasteiger partial charge is 0.253 e. The van der Waals surface area contributed by atoms with Crippen molar-refractivity contribution in [3.05, 3.63) is 72.1 Å². The number of methoxy groups -OCH3 is 1. The van der Waals surface area contributed by atoms with Crippen LogP contribution in [0.25, 0.3) is 5.69 Å². The number of hydrogen-bond acceptors (Lipinski definition) is 4. The number of piperazine rings is 1. The van der Waals surface area contributed by atoms with Gasteiger partial charge in [0, 0.05) is 50.2 Å². The molecule has 6 nitrogen and oxygen atoms in total. The molecule has 1 amide bonds. The second-order valence-electron chi connectivity index (χ2n) is 6.95. The van der Waals surface area contributed by atoms with Crippen LogP contribution in [0.2, 0.25) is 0 Å². The van der Waals surface area contributed by atoms with Crippen LogP contribution in [0.1, 0.15) is 15.9 Å². The number of amides is 1. The maximum absolute atomic E-state index is 12.8. The number of nitrogens with zero attached hydrogens (tertiary/aromatic N) is 4. The average molecular weight is 376 g/mol. The molecule has 3 aromatic rings. The van der Waals surface area contributed by atoms with Gasteiger partial charge < -0.3 is 14.5 Å². The fraction of sp³-hybridized carbons (Fsp3) is 0.273. The SMILES string of the molecule is COc1cccc(-n2ccnc2N2CCN(C(=O)c3cccc(C)c3)CC2)c1. The van der Waals surface area contributed by atoms with Gasteiger partial charge in [-0.15, -0.1) is 0 Å². The molecule has 2 heterocycles. The van der Waals surface area contributed by atoms with E-state index in [2.05, 4.69) is 14.5 Å². The number of rotatable bonds is 4. The van der Waals surface area contributed by atoms with Crippen molar-refractivity contribution >= 4 is 11.9 Å². The van der Waals surface area contributed by atoms with E-state index in [-0.39, 0.29) is 5.91 Å². The lowest BCUT2D eigenvalue weighted by Gasteiger charge is -2.35. The summed E-state index contributed by atoms with van der Waals surface area (Å²) in [6, 6.07) is 15.7. The Balaban J connectivity index is 1.47. The largest absolute Gasteiger partial charge is 0.497 e. The van der Waals surface area contributed by atoms with Crippen molar-refractivity contribution in [2.24, 2.45) is 0 Å². The third kappa shape index (κ3) is 3.58. The molecule has 144 valence electrons. The quantitative estimate of drug-likeness (QED) is 0.702. The Morgan fingerprint density at radius 1 is 1.04 bits per heavy atom. The molecule has 1 fully saturated rings. The van der Waals surface area contributed by atoms with Gasteiger partial charge in [-0.2, -0.15) is 0 Å². The van der Waals surface area contributed by atoms with Crippen LogP contribution in [0.5, 0.6) is 5.75 Å². The number of ether oxygens (including phenoxy) is 1. The van der Waals surface area contributed by atoms with Crippen molar-refractivity contribution in [2.45, 2.75) is 6.92 Å². The van der Waals surface area contributed by atoms with Gasteiger partial charge in [-0.25, -0.2) is 4.98 Å². The zero-order valence-corrected chi connectivity index (χ0v) is 16.2. The number of anilines is 1. The summed E-state index contributed by atoms with van der Waals surface area (Å²) in [5, 5.41) is 0. The van der Waals surface area contributed by atoms with Gasteiger partial charge in [-0.3, -0.25) is 9.36 Å². The molecule has 2 aromatic carbocycles. The molecule has 0 saturated carbocycles. The van der Waals surface area contributed by atoms with Crippen molar-refractivity contribution < 1.29 is 9.53 Å². The number of aryl methyl sites for hydroxylation is 1. The Morgan fingerprint density at radius 3 is 2.57 bits per heavy atom. The minimum Gasteiger partial charge on any atom is -0.497 e. The highest BCUT2D eigenvalue weighted by molar-refractivity contribution is 5.94. The van der Waals surface area contributed by atoms with E-state index in [4.69, 9.17) is 4.74 Å². The fourth-order valence-electron chi connectivity index (χ4n) is 3.56. The van der Waals surface area contributed by atoms with E-state index in [1.165, 1.54) is 0 Å². The lowest BCUT2D eigenvalue weighted by molar-refractivity contribution is 0.0746. The molecule has 0 bridgehead atoms. The van der Waals surface area contributed by atoms with Gasteiger partial charge in [-0.1, -0.05) is 23.8 Å². The number of imidazole rings is 1. The third-order valence-electron chi connectivity index (χ3n) is 5.07. The van der Waals surface area contributed by atoms with Crippen molar-refractivity contribution in [1.82, 2.24) is 14.5 Å². The normalized spacial score (nSPS) is 14.2. The summed E-state index contributed by atoms with van der Waals surface area (Å²) in [6.45, 7) is 4.86. The lowest BCUT2D eigenvalue weighted by atomic mass is 10.1. The van der Waals surface area contributed by atoms with Crippen LogP contribution in [0.15, 0.2) is 60.9 Å². The minimum absolute atomic E-state index is 0.0967. The maximum Gasteiger partial charge on any atom is 0.253 e. The Kier molecular flexibility index (Phi) is 5.02. The van der Waals surface area contributed by atoms with Crippen LogP contribution >= 0.6 is 0 Å². The molecule has 0 unspecified atom stereocenters. The Morgan fingerprint density at radius 2 is 1.82 bits per heavy atom. The summed E-state index contributed by atoms with van der Waals surface area (Å²) >= 11 is 0. The first-order chi connectivity index (χ1) is 13.7. The second-order valence-corrected chi connectivity index (χ2v) is 6.95. The molecule has 0 radical (unpaired) electrons. The molecular formula is C22H24N4O2. The predicted octanol–water partition coefficient (Wildman–Crippen LogP) is 3.15. The van der Waals surface area contributed by atoms with Gasteiger partial charge in [0.25, 0.3) is 5.91 Å². The van der Waals surface area contributed by atoms with Gasteiger partial charge in [0.1, 0.15) is 5.75 Å². The molecule has 4 rings (SSSR count). The van der Waals surface area contributed by atoms with Crippen molar-refractivity contribution in [1.29, 1.82) is 0 Å². The minimum atomic E-state index is 0.0967. The van der Waals surface area contributed by atoms with Gasteiger partial charge >= 0.3 is 0 Å². The predicted molar refractivity (Wildman–Crippen MR) is 109 cm³/mol. The molecule has 0 atom stereocenters. The van der Waals surface area contributed by atoms with E-state index in [9.17, 15) is 4.79 Å². The summed E-state index contributed by atoms with van der Waals surface area (Å²) in [4.78, 5) is 21.5. The van der Waals surface area contributed by atoms with E-state index >= 15 is 0 Å². The van der Waals surface area contributed by atoms with E-state index in [1.807, 2.05) is 66.6 Å². The molecule has 1 aliphatic heterocycles. The molecule has 0 N–H and O–H groups in total. The molecule has 0 spiro atoms. The zero-order chi connectivity index (χ0) is 19.5. The van der Waals surface area contributed by atoms with Crippen LogP contribution in [-0.2, 0) is 0 Å². The van der Waals surface area contributed by atoms with Gasteiger partial charge in [0.05, 0.1) is 12.8 Å². The number of hydrogen-bond donors (Lipinski definition) is 0. The summed E-state index contributed by atoms with van der Waals surface area (Å²) in [5.74, 6) is 1.79. The average Bonchev–Trinajstić information content (AvgIpc) is 3.23. The first-order valence-corrected chi connectivity index (χ1v) is 9.44. The van der Waals surface area contributed by atoms with Crippen LogP contribution in [0, 0.1) is 6.92 Å². The number of carbonyl (C=O) groups is 1. The van der Waals surface area contributed by atoms with Crippen molar-refractivity contribution in [2.75, 3.05) is 38.2 Å². The molecule has 1 aromatic heterocycles. The number of aromatic nitrogens is 2. The van der Waals surface area contributed by atoms with E-state index in [1.54, 1.807) is 13.3 Å². The monoisotopic (exact) mass is 376 g/mol. The first kappa shape index (κ1) is 18.1. The Bertz CT molecular complexity index is 974. The highest BCUT2D eigenvalue weighted by Gasteiger charge is 2.24. The third-order valence-corrected chi connectivity index (χ3v) is 5.07. The van der Waals surface area contributed by atoms with Crippen LogP contribution in [0.4, 0.5) is 5.95 Å². The molecule has 6 heteroatoms. The van der Waals surface area contributed by atoms with E-state index < -0.39 is 0 Å². The van der Waals surface area contributed by atoms with Gasteiger partial charge in [-0.05, 0) is 31.2 Å². The highest BCUT2D eigenvalue weighted by atomic mass is 16.5. The second kappa shape index (κ2) is 7.76. The van der Waals surface area contributed by atoms with Crippen LogP contribution in [-0.4, -0.2) is 53.6 Å². The summed E-state index contributed by atoms with van der Waals surface area (Å²) in [6.07, 6.45) is 3.76. The van der Waals surface area contributed by atoms with E-state index in [0.717, 1.165) is 41.6 Å². The van der Waals surface area contributed by atoms with Crippen LogP contribution in [0.3, 0.4) is 0 Å². The molecule has 1 saturated heterocycles. The summed E-state index contributed by atoms with van der Waals surface area (Å²) < 4.78 is 7.39. The molecule has 0 aliphatic carbocycles. The fourth-order valence-corrected chi connectivity index (χ4v) is 3.56. The van der Waals surface area contributed by atoms with Gasteiger partial charge in [0.2, 0.25) is 5.95 Å². The zero-order valence-electron chi connectivity index (χ0n) is 16.2. The lowest BCUT2D eigenvalue weighted by Crippen LogP contribution is -2.49. The summed E-state index contributed by atoms with van der Waals surface area (Å²) in [5.41, 5.74) is 2.86. The standard InChI is InChI=1S/C22H24N4O2/c1-17-5-3-6-18(15-17)21(27)24-11-13-25(14-12-24)22-23-9-10-26(22)19-7-4-8-20(16-19)28-2/h3-10,15-16H,11-14H2,1-2H3. The topological polar surface area (TPSA) is 50.6 Å². The van der Waals surface area contributed by atoms with Crippen molar-refractivity contribution in [3.63, 3.8) is 0 Å². The molecule has 28 heavy (non-hydrogen) atoms. The number of benzene rings is 2. The molecular weight excluding hydrogens is 352 g/mol. The maximum atomic E-state index is 12.8. The van der Waals surface area contributed by atoms with Gasteiger partial charge in [0.15, 0.2) is 0 Å². The highest BCUT2D eigenvalue weighted by Crippen LogP contribution is 2.23.